The first-order valence-corrected chi connectivity index (χ1v) is 10.8. The number of hydrogen-bond acceptors (Lipinski definition) is 6. The number of ether oxygens (including phenoxy) is 1. The third-order valence-corrected chi connectivity index (χ3v) is 5.87. The number of hydrogen-bond donors (Lipinski definition) is 3. The summed E-state index contributed by atoms with van der Waals surface area (Å²) in [7, 11) is 1.57. The van der Waals surface area contributed by atoms with Crippen molar-refractivity contribution in [3.63, 3.8) is 0 Å². The number of aliphatic carboxylic acids is 1. The maximum Gasteiger partial charge on any atom is 0.326 e. The molecule has 2 heterocycles. The van der Waals surface area contributed by atoms with Crippen molar-refractivity contribution in [3.05, 3.63) is 66.6 Å². The van der Waals surface area contributed by atoms with E-state index in [2.05, 4.69) is 20.5 Å². The molecule has 4 rings (SSSR count). The first-order chi connectivity index (χ1) is 15.6. The van der Waals surface area contributed by atoms with Crippen LogP contribution in [0.4, 0.5) is 0 Å². The standard InChI is InChI=1S/C22H21N5O4S/c1-31-19-9-5-4-8-18(19)27-13-24-26-22(27)32-12-20(28)25-17(21(29)30)10-14-11-23-16-7-3-2-6-15(14)16/h2-9,11,13,17,23H,10,12H2,1H3,(H,25,28)(H,29,30)/t17-/m1/s1. The maximum atomic E-state index is 12.5. The number of carboxylic acid groups (broad SMARTS) is 1. The van der Waals surface area contributed by atoms with E-state index < -0.39 is 17.9 Å². The third-order valence-electron chi connectivity index (χ3n) is 4.93. The fraction of sp³-hybridized carbons (Fsp3) is 0.182. The molecular formula is C22H21N5O4S. The normalized spacial score (nSPS) is 11.9. The van der Waals surface area contributed by atoms with Crippen LogP contribution in [0.25, 0.3) is 16.6 Å². The van der Waals surface area contributed by atoms with Crippen LogP contribution in [0.15, 0.2) is 66.2 Å². The van der Waals surface area contributed by atoms with Gasteiger partial charge in [0.1, 0.15) is 18.1 Å². The number of methoxy groups -OCH3 is 1. The van der Waals surface area contributed by atoms with Gasteiger partial charge in [-0.1, -0.05) is 42.1 Å². The average molecular weight is 452 g/mol. The topological polar surface area (TPSA) is 122 Å². The van der Waals surface area contributed by atoms with Gasteiger partial charge in [0, 0.05) is 23.5 Å². The number of nitrogens with one attached hydrogen (secondary N) is 2. The van der Waals surface area contributed by atoms with E-state index in [9.17, 15) is 14.7 Å². The Kier molecular flexibility index (Phi) is 6.41. The lowest BCUT2D eigenvalue weighted by atomic mass is 10.1. The largest absolute Gasteiger partial charge is 0.495 e. The smallest absolute Gasteiger partial charge is 0.326 e. The van der Waals surface area contributed by atoms with Crippen LogP contribution in [0.2, 0.25) is 0 Å². The summed E-state index contributed by atoms with van der Waals surface area (Å²) < 4.78 is 7.10. The number of carboxylic acids is 1. The van der Waals surface area contributed by atoms with Gasteiger partial charge in [-0.2, -0.15) is 0 Å². The molecule has 0 radical (unpaired) electrons. The van der Waals surface area contributed by atoms with Gasteiger partial charge >= 0.3 is 5.97 Å². The van der Waals surface area contributed by atoms with Gasteiger partial charge in [0.05, 0.1) is 18.6 Å². The van der Waals surface area contributed by atoms with E-state index in [1.165, 1.54) is 6.33 Å². The second-order valence-corrected chi connectivity index (χ2v) is 7.91. The second kappa shape index (κ2) is 9.56. The highest BCUT2D eigenvalue weighted by atomic mass is 32.2. The van der Waals surface area contributed by atoms with E-state index in [0.29, 0.717) is 10.9 Å². The van der Waals surface area contributed by atoms with Crippen LogP contribution in [-0.2, 0) is 16.0 Å². The van der Waals surface area contributed by atoms with Crippen molar-refractivity contribution in [1.29, 1.82) is 0 Å². The van der Waals surface area contributed by atoms with Crippen LogP contribution in [0, 0.1) is 0 Å². The van der Waals surface area contributed by atoms with Crippen molar-refractivity contribution < 1.29 is 19.4 Å². The van der Waals surface area contributed by atoms with Crippen LogP contribution < -0.4 is 10.1 Å². The van der Waals surface area contributed by atoms with Crippen LogP contribution >= 0.6 is 11.8 Å². The van der Waals surface area contributed by atoms with Crippen molar-refractivity contribution in [2.24, 2.45) is 0 Å². The summed E-state index contributed by atoms with van der Waals surface area (Å²) in [5.74, 6) is -0.864. The van der Waals surface area contributed by atoms with Gasteiger partial charge in [-0.3, -0.25) is 9.36 Å². The monoisotopic (exact) mass is 451 g/mol. The molecule has 2 aromatic heterocycles. The van der Waals surface area contributed by atoms with E-state index in [1.807, 2.05) is 48.5 Å². The van der Waals surface area contributed by atoms with Gasteiger partial charge < -0.3 is 20.1 Å². The molecule has 0 bridgehead atoms. The van der Waals surface area contributed by atoms with Crippen molar-refractivity contribution in [3.8, 4) is 11.4 Å². The molecule has 1 atom stereocenters. The van der Waals surface area contributed by atoms with E-state index in [-0.39, 0.29) is 12.2 Å². The van der Waals surface area contributed by atoms with Crippen LogP contribution in [0.3, 0.4) is 0 Å². The third kappa shape index (κ3) is 4.59. The number of thioether (sulfide) groups is 1. The molecule has 0 fully saturated rings. The zero-order valence-electron chi connectivity index (χ0n) is 17.2. The van der Waals surface area contributed by atoms with Gasteiger partial charge in [-0.15, -0.1) is 10.2 Å². The molecule has 32 heavy (non-hydrogen) atoms. The first-order valence-electron chi connectivity index (χ1n) is 9.80. The minimum atomic E-state index is -1.09. The molecule has 2 aromatic carbocycles. The van der Waals surface area contributed by atoms with Crippen LogP contribution in [0.5, 0.6) is 5.75 Å². The summed E-state index contributed by atoms with van der Waals surface area (Å²) >= 11 is 1.16. The number of fused-ring (bicyclic) bond motifs is 1. The predicted molar refractivity (Wildman–Crippen MR) is 120 cm³/mol. The second-order valence-electron chi connectivity index (χ2n) is 6.97. The molecule has 0 spiro atoms. The zero-order valence-corrected chi connectivity index (χ0v) is 18.0. The number of rotatable bonds is 9. The van der Waals surface area contributed by atoms with Gasteiger partial charge in [-0.25, -0.2) is 4.79 Å². The molecule has 0 aliphatic heterocycles. The number of H-pyrrole nitrogens is 1. The van der Waals surface area contributed by atoms with Crippen molar-refractivity contribution in [1.82, 2.24) is 25.1 Å². The molecule has 10 heteroatoms. The Morgan fingerprint density at radius 1 is 1.22 bits per heavy atom. The molecule has 0 unspecified atom stereocenters. The molecule has 9 nitrogen and oxygen atoms in total. The number of amides is 1. The Balaban J connectivity index is 1.42. The number of nitrogens with zero attached hydrogens (tertiary/aromatic N) is 3. The molecule has 3 N–H and O–H groups in total. The van der Waals surface area contributed by atoms with Gasteiger partial charge in [0.15, 0.2) is 5.16 Å². The lowest BCUT2D eigenvalue weighted by Crippen LogP contribution is -2.43. The van der Waals surface area contributed by atoms with E-state index >= 15 is 0 Å². The number of aromatic amines is 1. The molecule has 164 valence electrons. The number of carbonyl (C=O) groups excluding carboxylic acids is 1. The molecule has 0 saturated heterocycles. The summed E-state index contributed by atoms with van der Waals surface area (Å²) in [6.07, 6.45) is 3.49. The SMILES string of the molecule is COc1ccccc1-n1cnnc1SCC(=O)N[C@H](Cc1c[nH]c2ccccc12)C(=O)O. The zero-order chi connectivity index (χ0) is 22.5. The number of aromatic nitrogens is 4. The molecule has 4 aromatic rings. The lowest BCUT2D eigenvalue weighted by molar-refractivity contribution is -0.141. The van der Waals surface area contributed by atoms with Crippen molar-refractivity contribution in [2.45, 2.75) is 17.6 Å². The van der Waals surface area contributed by atoms with E-state index in [1.54, 1.807) is 17.9 Å². The number of carbonyl (C=O) groups is 2. The molecule has 0 saturated carbocycles. The Labute approximate surface area is 187 Å². The minimum Gasteiger partial charge on any atom is -0.495 e. The number of para-hydroxylation sites is 3. The Bertz CT molecular complexity index is 1250. The molecule has 0 aliphatic rings. The number of benzene rings is 2. The Hall–Kier alpha value is -3.79. The highest BCUT2D eigenvalue weighted by Crippen LogP contribution is 2.26. The summed E-state index contributed by atoms with van der Waals surface area (Å²) in [5.41, 5.74) is 2.49. The minimum absolute atomic E-state index is 0.00843. The molecule has 1 amide bonds. The van der Waals surface area contributed by atoms with Crippen molar-refractivity contribution >= 4 is 34.5 Å². The summed E-state index contributed by atoms with van der Waals surface area (Å²) in [4.78, 5) is 27.4. The Morgan fingerprint density at radius 2 is 2.00 bits per heavy atom. The Morgan fingerprint density at radius 3 is 2.81 bits per heavy atom. The fourth-order valence-corrected chi connectivity index (χ4v) is 4.14. The lowest BCUT2D eigenvalue weighted by Gasteiger charge is -2.14. The summed E-state index contributed by atoms with van der Waals surface area (Å²) in [5, 5.41) is 21.7. The first kappa shape index (κ1) is 21.4. The summed E-state index contributed by atoms with van der Waals surface area (Å²) in [6.45, 7) is 0. The van der Waals surface area contributed by atoms with Crippen LogP contribution in [-0.4, -0.2) is 55.6 Å². The molecular weight excluding hydrogens is 430 g/mol. The van der Waals surface area contributed by atoms with Crippen LogP contribution in [0.1, 0.15) is 5.56 Å². The maximum absolute atomic E-state index is 12.5. The van der Waals surface area contributed by atoms with Gasteiger partial charge in [0.2, 0.25) is 5.91 Å². The van der Waals surface area contributed by atoms with Gasteiger partial charge in [-0.05, 0) is 23.8 Å². The van der Waals surface area contributed by atoms with Crippen molar-refractivity contribution in [2.75, 3.05) is 12.9 Å². The van der Waals surface area contributed by atoms with Gasteiger partial charge in [0.25, 0.3) is 0 Å². The van der Waals surface area contributed by atoms with E-state index in [4.69, 9.17) is 4.74 Å². The highest BCUT2D eigenvalue weighted by Gasteiger charge is 2.22. The highest BCUT2D eigenvalue weighted by molar-refractivity contribution is 7.99. The fourth-order valence-electron chi connectivity index (χ4n) is 3.40. The quantitative estimate of drug-likeness (QED) is 0.334. The summed E-state index contributed by atoms with van der Waals surface area (Å²) in [6, 6.07) is 14.0. The predicted octanol–water partition coefficient (Wildman–Crippen LogP) is 2.66. The average Bonchev–Trinajstić information content (AvgIpc) is 3.44. The molecule has 0 aliphatic carbocycles. The van der Waals surface area contributed by atoms with E-state index in [0.717, 1.165) is 33.9 Å².